The Kier molecular flexibility index (Phi) is 5.91. The molecule has 0 bridgehead atoms. The molecule has 7 N–H and O–H groups in total. The van der Waals surface area contributed by atoms with Gasteiger partial charge >= 0.3 is 0 Å². The molecule has 0 aliphatic carbocycles. The molecule has 1 fully saturated rings. The van der Waals surface area contributed by atoms with Crippen molar-refractivity contribution in [2.45, 2.75) is 37.6 Å². The second-order valence-corrected chi connectivity index (χ2v) is 7.74. The van der Waals surface area contributed by atoms with Gasteiger partial charge in [0.1, 0.15) is 29.3 Å². The first kappa shape index (κ1) is 23.4. The fourth-order valence-electron chi connectivity index (χ4n) is 3.68. The van der Waals surface area contributed by atoms with Gasteiger partial charge < -0.3 is 54.4 Å². The summed E-state index contributed by atoms with van der Waals surface area (Å²) in [5.74, 6) is -3.59. The Bertz CT molecular complexity index is 1300. The fourth-order valence-corrected chi connectivity index (χ4v) is 3.68. The highest BCUT2D eigenvalue weighted by Crippen LogP contribution is 2.44. The second-order valence-electron chi connectivity index (χ2n) is 7.74. The number of hydrogen-bond acceptors (Lipinski definition) is 12. The largest absolute Gasteiger partial charge is 0.504 e. The van der Waals surface area contributed by atoms with E-state index in [0.717, 1.165) is 25.3 Å². The standard InChI is InChI=1S/C22H22O12/c1-7-14(26)17(29)18(30)22(32-7)34-21-16(28)13-12(6-11(25)20(31-2)15(13)27)33-19(21)8-3-4-9(23)10(24)5-8/h3-7,14,17-18,22-27,29-30H,1-2H3/t7-,14-,17+,18-,22-/m0/s1. The molecule has 1 saturated heterocycles. The number of rotatable bonds is 4. The molecule has 1 aliphatic heterocycles. The molecular formula is C22H22O12. The average Bonchev–Trinajstić information content (AvgIpc) is 2.79. The van der Waals surface area contributed by atoms with Crippen LogP contribution in [0.4, 0.5) is 0 Å². The number of fused-ring (bicyclic) bond motifs is 1. The van der Waals surface area contributed by atoms with Gasteiger partial charge in [-0.1, -0.05) is 0 Å². The van der Waals surface area contributed by atoms with Crippen LogP contribution >= 0.6 is 0 Å². The zero-order valence-electron chi connectivity index (χ0n) is 17.9. The summed E-state index contributed by atoms with van der Waals surface area (Å²) in [5.41, 5.74) is -1.20. The zero-order chi connectivity index (χ0) is 24.9. The van der Waals surface area contributed by atoms with Crippen molar-refractivity contribution in [2.75, 3.05) is 7.11 Å². The number of aliphatic hydroxyl groups is 3. The Morgan fingerprint density at radius 2 is 1.59 bits per heavy atom. The molecule has 3 aromatic rings. The van der Waals surface area contributed by atoms with E-state index in [4.69, 9.17) is 18.6 Å². The maximum absolute atomic E-state index is 13.4. The highest BCUT2D eigenvalue weighted by Gasteiger charge is 2.44. The van der Waals surface area contributed by atoms with Gasteiger partial charge in [0.25, 0.3) is 0 Å². The monoisotopic (exact) mass is 478 g/mol. The Labute approximate surface area is 191 Å². The van der Waals surface area contributed by atoms with Crippen LogP contribution in [0.15, 0.2) is 33.5 Å². The highest BCUT2D eigenvalue weighted by atomic mass is 16.7. The Morgan fingerprint density at radius 3 is 2.24 bits per heavy atom. The van der Waals surface area contributed by atoms with Gasteiger partial charge in [-0.25, -0.2) is 0 Å². The normalized spacial score (nSPS) is 24.8. The molecule has 12 nitrogen and oxygen atoms in total. The van der Waals surface area contributed by atoms with Crippen molar-refractivity contribution >= 4 is 11.0 Å². The van der Waals surface area contributed by atoms with Crippen LogP contribution in [-0.4, -0.2) is 73.6 Å². The maximum Gasteiger partial charge on any atom is 0.239 e. The van der Waals surface area contributed by atoms with Gasteiger partial charge in [0, 0.05) is 11.6 Å². The molecule has 5 atom stereocenters. The summed E-state index contributed by atoms with van der Waals surface area (Å²) in [6, 6.07) is 4.50. The summed E-state index contributed by atoms with van der Waals surface area (Å²) in [4.78, 5) is 13.4. The molecule has 0 unspecified atom stereocenters. The third kappa shape index (κ3) is 3.72. The number of aliphatic hydroxyl groups excluding tert-OH is 3. The van der Waals surface area contributed by atoms with Gasteiger partial charge in [0.05, 0.1) is 13.2 Å². The minimum Gasteiger partial charge on any atom is -0.504 e. The lowest BCUT2D eigenvalue weighted by Crippen LogP contribution is -2.58. The van der Waals surface area contributed by atoms with E-state index in [-0.39, 0.29) is 16.9 Å². The molecule has 34 heavy (non-hydrogen) atoms. The fraction of sp³-hybridized carbons (Fsp3) is 0.318. The van der Waals surface area contributed by atoms with Gasteiger partial charge in [0.2, 0.25) is 23.2 Å². The predicted octanol–water partition coefficient (Wildman–Crippen LogP) is 0.497. The van der Waals surface area contributed by atoms with Crippen LogP contribution in [0.25, 0.3) is 22.3 Å². The van der Waals surface area contributed by atoms with Crippen LogP contribution in [0.1, 0.15) is 6.92 Å². The van der Waals surface area contributed by atoms with Crippen molar-refractivity contribution in [1.29, 1.82) is 0 Å². The third-order valence-electron chi connectivity index (χ3n) is 5.53. The lowest BCUT2D eigenvalue weighted by molar-refractivity contribution is -0.268. The van der Waals surface area contributed by atoms with Gasteiger partial charge in [-0.05, 0) is 25.1 Å². The molecule has 0 spiro atoms. The van der Waals surface area contributed by atoms with E-state index in [1.165, 1.54) is 13.0 Å². The maximum atomic E-state index is 13.4. The average molecular weight is 478 g/mol. The third-order valence-corrected chi connectivity index (χ3v) is 5.53. The number of phenols is 4. The lowest BCUT2D eigenvalue weighted by atomic mass is 10.00. The molecule has 2 aromatic carbocycles. The summed E-state index contributed by atoms with van der Waals surface area (Å²) < 4.78 is 21.6. The van der Waals surface area contributed by atoms with Crippen molar-refractivity contribution in [2.24, 2.45) is 0 Å². The summed E-state index contributed by atoms with van der Waals surface area (Å²) >= 11 is 0. The molecule has 0 radical (unpaired) electrons. The second kappa shape index (κ2) is 8.57. The minimum absolute atomic E-state index is 0.0398. The molecule has 0 amide bonds. The predicted molar refractivity (Wildman–Crippen MR) is 114 cm³/mol. The van der Waals surface area contributed by atoms with E-state index < -0.39 is 76.0 Å². The summed E-state index contributed by atoms with van der Waals surface area (Å²) in [7, 11) is 1.16. The topological polar surface area (TPSA) is 200 Å². The van der Waals surface area contributed by atoms with Gasteiger partial charge in [0.15, 0.2) is 28.8 Å². The molecule has 1 aromatic heterocycles. The van der Waals surface area contributed by atoms with E-state index in [1.807, 2.05) is 0 Å². The van der Waals surface area contributed by atoms with Crippen molar-refractivity contribution < 1.29 is 54.4 Å². The van der Waals surface area contributed by atoms with E-state index in [0.29, 0.717) is 0 Å². The van der Waals surface area contributed by atoms with E-state index in [2.05, 4.69) is 0 Å². The van der Waals surface area contributed by atoms with Crippen molar-refractivity contribution in [3.63, 3.8) is 0 Å². The Balaban J connectivity index is 1.96. The van der Waals surface area contributed by atoms with Crippen molar-refractivity contribution in [3.05, 3.63) is 34.5 Å². The van der Waals surface area contributed by atoms with E-state index in [9.17, 15) is 40.5 Å². The number of aromatic hydroxyl groups is 4. The molecular weight excluding hydrogens is 456 g/mol. The van der Waals surface area contributed by atoms with Gasteiger partial charge in [-0.15, -0.1) is 0 Å². The van der Waals surface area contributed by atoms with Crippen LogP contribution in [0.5, 0.6) is 34.5 Å². The van der Waals surface area contributed by atoms with Gasteiger partial charge in [-0.2, -0.15) is 0 Å². The molecule has 182 valence electrons. The summed E-state index contributed by atoms with van der Waals surface area (Å²) in [6.07, 6.45) is -7.48. The van der Waals surface area contributed by atoms with E-state index >= 15 is 0 Å². The van der Waals surface area contributed by atoms with Crippen LogP contribution in [-0.2, 0) is 4.74 Å². The first-order valence-corrected chi connectivity index (χ1v) is 10.0. The van der Waals surface area contributed by atoms with Crippen LogP contribution < -0.4 is 14.9 Å². The first-order valence-electron chi connectivity index (χ1n) is 10.0. The van der Waals surface area contributed by atoms with Gasteiger partial charge in [-0.3, -0.25) is 4.79 Å². The molecule has 1 aliphatic rings. The minimum atomic E-state index is -1.77. The number of methoxy groups -OCH3 is 1. The zero-order valence-corrected chi connectivity index (χ0v) is 17.9. The molecule has 2 heterocycles. The first-order chi connectivity index (χ1) is 16.0. The van der Waals surface area contributed by atoms with Crippen LogP contribution in [0.2, 0.25) is 0 Å². The number of phenolic OH excluding ortho intramolecular Hbond substituents is 4. The van der Waals surface area contributed by atoms with Crippen molar-refractivity contribution in [3.8, 4) is 45.8 Å². The lowest BCUT2D eigenvalue weighted by Gasteiger charge is -2.38. The number of ether oxygens (including phenoxy) is 3. The van der Waals surface area contributed by atoms with Crippen molar-refractivity contribution in [1.82, 2.24) is 0 Å². The number of hydrogen-bond donors (Lipinski definition) is 7. The van der Waals surface area contributed by atoms with E-state index in [1.54, 1.807) is 0 Å². The SMILES string of the molecule is COc1c(O)cc2oc(-c3ccc(O)c(O)c3)c(O[C@@H]3O[C@@H](C)[C@H](O)[C@@H](O)[C@@H]3O)c(=O)c2c1O. The molecule has 0 saturated carbocycles. The molecule has 4 rings (SSSR count). The van der Waals surface area contributed by atoms with Crippen LogP contribution in [0, 0.1) is 0 Å². The molecule has 12 heteroatoms. The smallest absolute Gasteiger partial charge is 0.239 e. The number of benzene rings is 2. The Hall–Kier alpha value is -3.71. The quantitative estimate of drug-likeness (QED) is 0.257. The van der Waals surface area contributed by atoms with Crippen LogP contribution in [0.3, 0.4) is 0 Å². The highest BCUT2D eigenvalue weighted by molar-refractivity contribution is 5.91. The summed E-state index contributed by atoms with van der Waals surface area (Å²) in [6.45, 7) is 1.41. The Morgan fingerprint density at radius 1 is 0.882 bits per heavy atom. The summed E-state index contributed by atoms with van der Waals surface area (Å²) in [5, 5.41) is 70.1.